The van der Waals surface area contributed by atoms with Crippen LogP contribution < -0.4 is 0 Å². The second-order valence-corrected chi connectivity index (χ2v) is 2.95. The van der Waals surface area contributed by atoms with E-state index in [1.165, 1.54) is 0 Å². The van der Waals surface area contributed by atoms with E-state index < -0.39 is 30.7 Å². The van der Waals surface area contributed by atoms with E-state index in [2.05, 4.69) is 10.0 Å². The average molecular weight is 1110 g/mol. The maximum absolute atomic E-state index is 9.32. The molecule has 0 aromatic rings. The summed E-state index contributed by atoms with van der Waals surface area (Å²) in [5.74, 6) is 0. The molecule has 0 aliphatic carbocycles. The molecule has 1 heterocycles. The summed E-state index contributed by atoms with van der Waals surface area (Å²) in [5.41, 5.74) is 8.01. The Balaban J connectivity index is -0.000000245. The molecule has 0 spiro atoms. The molecule has 1 rings (SSSR count). The Morgan fingerprint density at radius 1 is 0.944 bits per heavy atom. The maximum Gasteiger partial charge on any atom is 0.183 e. The van der Waals surface area contributed by atoms with E-state index in [-0.39, 0.29) is 183 Å². The van der Waals surface area contributed by atoms with Gasteiger partial charge in [0.15, 0.2) is 6.29 Å². The first-order valence-corrected chi connectivity index (χ1v) is 3.96. The summed E-state index contributed by atoms with van der Waals surface area (Å²) in [6, 6.07) is 0. The molecular formula is C6H11Ac4N3O5. The van der Waals surface area contributed by atoms with Gasteiger partial charge in [0.2, 0.25) is 0 Å². The number of hydrogen-bond donors (Lipinski definition) is 4. The quantitative estimate of drug-likeness (QED) is 0.146. The molecule has 1 aliphatic heterocycles. The monoisotopic (exact) mass is 1110 g/mol. The van der Waals surface area contributed by atoms with Gasteiger partial charge in [-0.2, -0.15) is 0 Å². The van der Waals surface area contributed by atoms with Gasteiger partial charge < -0.3 is 25.2 Å². The van der Waals surface area contributed by atoms with Crippen molar-refractivity contribution in [2.45, 2.75) is 30.7 Å². The first-order valence-electron chi connectivity index (χ1n) is 3.96. The van der Waals surface area contributed by atoms with Crippen LogP contribution in [0.25, 0.3) is 10.4 Å². The molecular weight excluding hydrogens is 1100 g/mol. The minimum Gasteiger partial charge on any atom is -0.388 e. The largest absolute Gasteiger partial charge is 0.388 e. The van der Waals surface area contributed by atoms with E-state index in [1.54, 1.807) is 0 Å². The Labute approximate surface area is 247 Å². The van der Waals surface area contributed by atoms with Gasteiger partial charge in [0.05, 0.1) is 12.6 Å². The van der Waals surface area contributed by atoms with Crippen molar-refractivity contribution in [3.63, 3.8) is 0 Å². The third kappa shape index (κ3) is 9.89. The summed E-state index contributed by atoms with van der Waals surface area (Å²) in [7, 11) is 0. The first-order chi connectivity index (χ1) is 6.57. The van der Waals surface area contributed by atoms with Crippen LogP contribution in [0.2, 0.25) is 0 Å². The smallest absolute Gasteiger partial charge is 0.183 e. The predicted molar refractivity (Wildman–Crippen MR) is 42.9 cm³/mol. The van der Waals surface area contributed by atoms with Crippen molar-refractivity contribution in [2.75, 3.05) is 6.54 Å². The second kappa shape index (κ2) is 16.7. The number of nitrogens with zero attached hydrogens (tertiary/aromatic N) is 3. The van der Waals surface area contributed by atoms with Crippen LogP contribution in [0.3, 0.4) is 0 Å². The Bertz CT molecular complexity index is 257. The summed E-state index contributed by atoms with van der Waals surface area (Å²) >= 11 is 0. The van der Waals surface area contributed by atoms with E-state index >= 15 is 0 Å². The van der Waals surface area contributed by atoms with Crippen LogP contribution in [0.4, 0.5) is 0 Å². The molecule has 92 valence electrons. The predicted octanol–water partition coefficient (Wildman–Crippen LogP) is -1.90. The molecule has 1 aliphatic rings. The molecule has 4 N–H and O–H groups in total. The van der Waals surface area contributed by atoms with Gasteiger partial charge in [0, 0.05) is 181 Å². The number of aliphatic hydroxyl groups is 4. The van der Waals surface area contributed by atoms with Crippen molar-refractivity contribution in [2.24, 2.45) is 5.11 Å². The van der Waals surface area contributed by atoms with E-state index in [4.69, 9.17) is 20.5 Å². The SMILES string of the molecule is [Ac].[Ac].[Ac].[Ac].[N-]=[N+]=NC[C@H]1OC(O)[C@H](O)[C@@H](O)[C@@H]1O. The summed E-state index contributed by atoms with van der Waals surface area (Å²) in [6.45, 7) is -0.224. The summed E-state index contributed by atoms with van der Waals surface area (Å²) in [4.78, 5) is 2.44. The van der Waals surface area contributed by atoms with Crippen LogP contribution in [0, 0.1) is 176 Å². The van der Waals surface area contributed by atoms with Crippen LogP contribution in [0.15, 0.2) is 5.11 Å². The summed E-state index contributed by atoms with van der Waals surface area (Å²) < 4.78 is 4.71. The fraction of sp³-hybridized carbons (Fsp3) is 1.00. The summed E-state index contributed by atoms with van der Waals surface area (Å²) in [5, 5.41) is 39.8. The number of ether oxygens (including phenoxy) is 1. The Kier molecular flexibility index (Phi) is 28.5. The molecule has 4 radical (unpaired) electrons. The normalized spacial score (nSPS) is 33.4. The van der Waals surface area contributed by atoms with Crippen molar-refractivity contribution < 1.29 is 201 Å². The molecule has 0 saturated carbocycles. The first kappa shape index (κ1) is 30.7. The number of hydrogen-bond acceptors (Lipinski definition) is 6. The Hall–Kier alpha value is 4.88. The minimum atomic E-state index is -1.59. The number of rotatable bonds is 2. The fourth-order valence-electron chi connectivity index (χ4n) is 1.20. The van der Waals surface area contributed by atoms with E-state index in [9.17, 15) is 10.2 Å². The molecule has 1 fully saturated rings. The molecule has 0 aromatic heterocycles. The van der Waals surface area contributed by atoms with Crippen LogP contribution in [-0.2, 0) is 4.74 Å². The molecule has 0 bridgehead atoms. The molecule has 0 aromatic carbocycles. The standard InChI is InChI=1S/C6H11N3O5.4Ac/c7-9-8-1-2-3(10)4(11)5(12)6(13)14-2;;;;/h2-6,10-13H,1H2;;;;/t2-,3-,4+,5-,6?;;;;/m1..../s1. The Morgan fingerprint density at radius 3 is 1.89 bits per heavy atom. The topological polar surface area (TPSA) is 139 Å². The van der Waals surface area contributed by atoms with Gasteiger partial charge in [-0.05, 0) is 5.53 Å². The third-order valence-electron chi connectivity index (χ3n) is 2.01. The fourth-order valence-corrected chi connectivity index (χ4v) is 1.20. The zero-order valence-electron chi connectivity index (χ0n) is 9.44. The Morgan fingerprint density at radius 2 is 1.44 bits per heavy atom. The zero-order valence-corrected chi connectivity index (χ0v) is 28.4. The molecule has 8 nitrogen and oxygen atoms in total. The van der Waals surface area contributed by atoms with E-state index in [1.807, 2.05) is 0 Å². The molecule has 1 unspecified atom stereocenters. The minimum absolute atomic E-state index is 0. The molecule has 18 heavy (non-hydrogen) atoms. The van der Waals surface area contributed by atoms with Gasteiger partial charge in [-0.3, -0.25) is 0 Å². The second-order valence-electron chi connectivity index (χ2n) is 2.95. The maximum atomic E-state index is 9.32. The molecule has 1 saturated heterocycles. The van der Waals surface area contributed by atoms with Gasteiger partial charge in [-0.25, -0.2) is 0 Å². The van der Waals surface area contributed by atoms with Gasteiger partial charge in [-0.15, -0.1) is 0 Å². The molecule has 12 heteroatoms. The number of azide groups is 1. The van der Waals surface area contributed by atoms with Gasteiger partial charge in [0.25, 0.3) is 0 Å². The molecule has 0 amide bonds. The van der Waals surface area contributed by atoms with E-state index in [0.717, 1.165) is 0 Å². The van der Waals surface area contributed by atoms with Gasteiger partial charge in [0.1, 0.15) is 18.3 Å². The van der Waals surface area contributed by atoms with Gasteiger partial charge in [-0.1, -0.05) is 5.11 Å². The van der Waals surface area contributed by atoms with Crippen LogP contribution in [-0.4, -0.2) is 57.7 Å². The number of aliphatic hydroxyl groups excluding tert-OH is 4. The van der Waals surface area contributed by atoms with E-state index in [0.29, 0.717) is 0 Å². The van der Waals surface area contributed by atoms with Crippen LogP contribution >= 0.6 is 0 Å². The van der Waals surface area contributed by atoms with Crippen molar-refractivity contribution in [3.8, 4) is 0 Å². The van der Waals surface area contributed by atoms with Crippen molar-refractivity contribution in [1.29, 1.82) is 0 Å². The zero-order chi connectivity index (χ0) is 10.7. The van der Waals surface area contributed by atoms with Crippen LogP contribution in [0.1, 0.15) is 0 Å². The van der Waals surface area contributed by atoms with Crippen molar-refractivity contribution >= 4 is 0 Å². The average Bonchev–Trinajstić information content (AvgIpc) is 2.18. The van der Waals surface area contributed by atoms with Gasteiger partial charge >= 0.3 is 0 Å². The van der Waals surface area contributed by atoms with Crippen LogP contribution in [0.5, 0.6) is 0 Å². The van der Waals surface area contributed by atoms with Crippen molar-refractivity contribution in [3.05, 3.63) is 10.4 Å². The summed E-state index contributed by atoms with van der Waals surface area (Å²) in [6.07, 6.45) is -7.07. The third-order valence-corrected chi connectivity index (χ3v) is 2.01. The molecule has 5 atom stereocenters. The van der Waals surface area contributed by atoms with Crippen molar-refractivity contribution in [1.82, 2.24) is 0 Å².